The third-order valence-electron chi connectivity index (χ3n) is 6.13. The summed E-state index contributed by atoms with van der Waals surface area (Å²) in [6, 6.07) is 9.49. The van der Waals surface area contributed by atoms with Crippen LogP contribution in [0.5, 0.6) is 17.4 Å². The number of ether oxygens (including phenoxy) is 2. The number of likely N-dealkylation sites (N-methyl/N-ethyl adjacent to an activating group) is 1. The summed E-state index contributed by atoms with van der Waals surface area (Å²) < 4.78 is 11.1. The Labute approximate surface area is 232 Å². The van der Waals surface area contributed by atoms with Crippen molar-refractivity contribution in [2.24, 2.45) is 0 Å². The van der Waals surface area contributed by atoms with Gasteiger partial charge in [-0.2, -0.15) is 0 Å². The molecule has 0 bridgehead atoms. The SMILES string of the molecule is COc1ccc(Oc2ccc(Nc3ncnc4sc(C/C=C/CN(C)C)c(C(C)CNC=O)c34)cc2C)cn1. The van der Waals surface area contributed by atoms with Crippen LogP contribution in [0.25, 0.3) is 10.2 Å². The van der Waals surface area contributed by atoms with Crippen LogP contribution in [0.4, 0.5) is 11.5 Å². The van der Waals surface area contributed by atoms with Crippen LogP contribution in [-0.4, -0.2) is 60.6 Å². The van der Waals surface area contributed by atoms with Crippen molar-refractivity contribution in [3.05, 3.63) is 71.0 Å². The van der Waals surface area contributed by atoms with Gasteiger partial charge in [-0.25, -0.2) is 15.0 Å². The molecule has 0 radical (unpaired) electrons. The Kier molecular flexibility index (Phi) is 9.45. The highest BCUT2D eigenvalue weighted by molar-refractivity contribution is 7.19. The number of thiophene rings is 1. The fourth-order valence-electron chi connectivity index (χ4n) is 4.22. The molecule has 1 aromatic carbocycles. The zero-order chi connectivity index (χ0) is 27.8. The molecule has 0 saturated carbocycles. The minimum Gasteiger partial charge on any atom is -0.481 e. The van der Waals surface area contributed by atoms with Crippen LogP contribution in [0.2, 0.25) is 0 Å². The van der Waals surface area contributed by atoms with E-state index in [0.717, 1.165) is 58.0 Å². The van der Waals surface area contributed by atoms with Crippen LogP contribution in [0.1, 0.15) is 28.8 Å². The number of hydrogen-bond acceptors (Lipinski definition) is 9. The molecule has 9 nitrogen and oxygen atoms in total. The first kappa shape index (κ1) is 28.0. The Morgan fingerprint density at radius 2 is 1.97 bits per heavy atom. The van der Waals surface area contributed by atoms with Crippen LogP contribution >= 0.6 is 11.3 Å². The van der Waals surface area contributed by atoms with E-state index in [1.807, 2.05) is 45.3 Å². The molecule has 2 N–H and O–H groups in total. The van der Waals surface area contributed by atoms with E-state index in [0.29, 0.717) is 18.2 Å². The fourth-order valence-corrected chi connectivity index (χ4v) is 5.46. The summed E-state index contributed by atoms with van der Waals surface area (Å²) in [4.78, 5) is 28.7. The van der Waals surface area contributed by atoms with Crippen LogP contribution in [0, 0.1) is 6.92 Å². The Morgan fingerprint density at radius 3 is 2.67 bits per heavy atom. The summed E-state index contributed by atoms with van der Waals surface area (Å²) in [7, 11) is 5.68. The maximum Gasteiger partial charge on any atom is 0.213 e. The number of amides is 1. The van der Waals surface area contributed by atoms with Crippen molar-refractivity contribution in [3.63, 3.8) is 0 Å². The van der Waals surface area contributed by atoms with E-state index in [4.69, 9.17) is 9.47 Å². The van der Waals surface area contributed by atoms with Gasteiger partial charge in [0, 0.05) is 42.1 Å². The van der Waals surface area contributed by atoms with Gasteiger partial charge in [-0.3, -0.25) is 4.79 Å². The minimum absolute atomic E-state index is 0.0865. The molecule has 1 atom stereocenters. The molecular formula is C29H34N6O3S. The maximum atomic E-state index is 11.0. The van der Waals surface area contributed by atoms with Crippen molar-refractivity contribution >= 4 is 39.5 Å². The molecule has 4 rings (SSSR count). The van der Waals surface area contributed by atoms with E-state index in [-0.39, 0.29) is 5.92 Å². The topological polar surface area (TPSA) is 102 Å². The average molecular weight is 547 g/mol. The smallest absolute Gasteiger partial charge is 0.213 e. The van der Waals surface area contributed by atoms with Gasteiger partial charge in [0.1, 0.15) is 28.5 Å². The standard InChI is InChI=1S/C29H34N6O3S/c1-19-14-21(9-11-23(19)38-22-10-12-25(37-5)31-16-22)34-28-27-26(20(2)15-30-18-36)24(8-6-7-13-35(3)4)39-29(27)33-17-32-28/h6-7,9-12,14,16-18,20H,8,13,15H2,1-5H3,(H,30,36)(H,32,33,34)/b7-6+. The number of rotatable bonds is 13. The Bertz CT molecular complexity index is 1440. The lowest BCUT2D eigenvalue weighted by atomic mass is 9.97. The average Bonchev–Trinajstić information content (AvgIpc) is 3.31. The molecule has 1 amide bonds. The van der Waals surface area contributed by atoms with E-state index in [2.05, 4.69) is 49.6 Å². The monoisotopic (exact) mass is 546 g/mol. The number of carbonyl (C=O) groups is 1. The molecule has 10 heteroatoms. The van der Waals surface area contributed by atoms with Crippen molar-refractivity contribution in [1.82, 2.24) is 25.2 Å². The van der Waals surface area contributed by atoms with Crippen LogP contribution < -0.4 is 20.1 Å². The number of pyridine rings is 1. The molecule has 39 heavy (non-hydrogen) atoms. The van der Waals surface area contributed by atoms with Gasteiger partial charge >= 0.3 is 0 Å². The number of methoxy groups -OCH3 is 1. The lowest BCUT2D eigenvalue weighted by Gasteiger charge is -2.15. The van der Waals surface area contributed by atoms with Crippen molar-refractivity contribution in [2.45, 2.75) is 26.2 Å². The van der Waals surface area contributed by atoms with E-state index in [1.54, 1.807) is 37.0 Å². The number of aryl methyl sites for hydroxylation is 1. The molecule has 204 valence electrons. The van der Waals surface area contributed by atoms with Gasteiger partial charge < -0.3 is 25.0 Å². The number of benzene rings is 1. The molecule has 0 saturated heterocycles. The summed E-state index contributed by atoms with van der Waals surface area (Å²) >= 11 is 1.67. The highest BCUT2D eigenvalue weighted by atomic mass is 32.1. The molecular weight excluding hydrogens is 512 g/mol. The molecule has 3 aromatic heterocycles. The zero-order valence-electron chi connectivity index (χ0n) is 22.9. The predicted molar refractivity (Wildman–Crippen MR) is 157 cm³/mol. The van der Waals surface area contributed by atoms with Gasteiger partial charge in [0.15, 0.2) is 0 Å². The maximum absolute atomic E-state index is 11.0. The lowest BCUT2D eigenvalue weighted by molar-refractivity contribution is -0.109. The van der Waals surface area contributed by atoms with Crippen LogP contribution in [-0.2, 0) is 11.2 Å². The van der Waals surface area contributed by atoms with Crippen LogP contribution in [0.3, 0.4) is 0 Å². The Morgan fingerprint density at radius 1 is 1.13 bits per heavy atom. The van der Waals surface area contributed by atoms with Gasteiger partial charge in [0.2, 0.25) is 12.3 Å². The number of hydrogen-bond donors (Lipinski definition) is 2. The second kappa shape index (κ2) is 13.2. The molecule has 0 aliphatic rings. The van der Waals surface area contributed by atoms with Gasteiger partial charge in [-0.05, 0) is 56.4 Å². The van der Waals surface area contributed by atoms with E-state index < -0.39 is 0 Å². The van der Waals surface area contributed by atoms with Crippen molar-refractivity contribution < 1.29 is 14.3 Å². The lowest BCUT2D eigenvalue weighted by Crippen LogP contribution is -2.18. The first-order chi connectivity index (χ1) is 18.9. The second-order valence-electron chi connectivity index (χ2n) is 9.45. The zero-order valence-corrected chi connectivity index (χ0v) is 23.7. The highest BCUT2D eigenvalue weighted by Gasteiger charge is 2.21. The van der Waals surface area contributed by atoms with Gasteiger partial charge in [-0.1, -0.05) is 19.1 Å². The predicted octanol–water partition coefficient (Wildman–Crippen LogP) is 5.45. The summed E-state index contributed by atoms with van der Waals surface area (Å²) in [6.45, 7) is 5.52. The number of carbonyl (C=O) groups excluding carboxylic acids is 1. The summed E-state index contributed by atoms with van der Waals surface area (Å²) in [5, 5.41) is 7.32. The van der Waals surface area contributed by atoms with E-state index in [1.165, 1.54) is 4.88 Å². The van der Waals surface area contributed by atoms with Crippen molar-refractivity contribution in [2.75, 3.05) is 39.6 Å². The molecule has 4 aromatic rings. The quantitative estimate of drug-likeness (QED) is 0.169. The molecule has 0 aliphatic heterocycles. The normalized spacial score (nSPS) is 12.2. The molecule has 0 fully saturated rings. The summed E-state index contributed by atoms with van der Waals surface area (Å²) in [5.74, 6) is 2.72. The minimum atomic E-state index is 0.0865. The highest BCUT2D eigenvalue weighted by Crippen LogP contribution is 2.40. The summed E-state index contributed by atoms with van der Waals surface area (Å²) in [6.07, 6.45) is 9.11. The van der Waals surface area contributed by atoms with Gasteiger partial charge in [-0.15, -0.1) is 11.3 Å². The second-order valence-corrected chi connectivity index (χ2v) is 10.5. The molecule has 0 spiro atoms. The van der Waals surface area contributed by atoms with E-state index >= 15 is 0 Å². The third-order valence-corrected chi connectivity index (χ3v) is 7.26. The number of anilines is 2. The molecule has 3 heterocycles. The summed E-state index contributed by atoms with van der Waals surface area (Å²) in [5.41, 5.74) is 3.00. The molecule has 1 unspecified atom stereocenters. The number of nitrogens with one attached hydrogen (secondary N) is 2. The van der Waals surface area contributed by atoms with Crippen molar-refractivity contribution in [3.8, 4) is 17.4 Å². The number of nitrogens with zero attached hydrogens (tertiary/aromatic N) is 4. The largest absolute Gasteiger partial charge is 0.481 e. The van der Waals surface area contributed by atoms with Crippen LogP contribution in [0.15, 0.2) is 55.0 Å². The van der Waals surface area contributed by atoms with Crippen molar-refractivity contribution in [1.29, 1.82) is 0 Å². The van der Waals surface area contributed by atoms with Gasteiger partial charge in [0.25, 0.3) is 0 Å². The first-order valence-corrected chi connectivity index (χ1v) is 13.5. The third kappa shape index (κ3) is 7.10. The number of allylic oxidation sites excluding steroid dienone is 1. The number of fused-ring (bicyclic) bond motifs is 1. The van der Waals surface area contributed by atoms with E-state index in [9.17, 15) is 4.79 Å². The Hall–Kier alpha value is -4.02. The number of aromatic nitrogens is 3. The van der Waals surface area contributed by atoms with Gasteiger partial charge in [0.05, 0.1) is 18.7 Å². The Balaban J connectivity index is 1.63. The first-order valence-electron chi connectivity index (χ1n) is 12.7. The fraction of sp³-hybridized carbons (Fsp3) is 0.310. The molecule has 0 aliphatic carbocycles.